The summed E-state index contributed by atoms with van der Waals surface area (Å²) in [6.45, 7) is -2.75. The van der Waals surface area contributed by atoms with Crippen molar-refractivity contribution >= 4 is 6.09 Å². The summed E-state index contributed by atoms with van der Waals surface area (Å²) in [5, 5.41) is 19.6. The van der Waals surface area contributed by atoms with Gasteiger partial charge in [0, 0.05) is 6.54 Å². The Kier molecular flexibility index (Phi) is 5.54. The van der Waals surface area contributed by atoms with Gasteiger partial charge in [-0.2, -0.15) is 14.0 Å². The SMILES string of the molecule is N#CC(CCNC(=O)O)c1ccc(OC(F)F)cc1. The molecule has 0 aliphatic heterocycles. The van der Waals surface area contributed by atoms with E-state index in [0.29, 0.717) is 12.0 Å². The van der Waals surface area contributed by atoms with Gasteiger partial charge in [-0.15, -0.1) is 0 Å². The molecule has 0 radical (unpaired) electrons. The molecule has 1 unspecified atom stereocenters. The van der Waals surface area contributed by atoms with Crippen LogP contribution in [0.2, 0.25) is 0 Å². The molecule has 19 heavy (non-hydrogen) atoms. The number of alkyl halides is 2. The van der Waals surface area contributed by atoms with E-state index in [2.05, 4.69) is 10.1 Å². The Balaban J connectivity index is 2.61. The standard InChI is InChI=1S/C12H12F2N2O3/c13-11(14)19-10-3-1-8(2-4-10)9(7-15)5-6-16-12(17)18/h1-4,9,11,16H,5-6H2,(H,17,18). The average molecular weight is 270 g/mol. The minimum absolute atomic E-state index is 0.0131. The highest BCUT2D eigenvalue weighted by molar-refractivity contribution is 5.64. The summed E-state index contributed by atoms with van der Waals surface area (Å²) in [5.41, 5.74) is 0.622. The van der Waals surface area contributed by atoms with Crippen LogP contribution >= 0.6 is 0 Å². The van der Waals surface area contributed by atoms with E-state index >= 15 is 0 Å². The zero-order valence-electron chi connectivity index (χ0n) is 9.85. The van der Waals surface area contributed by atoms with Crippen molar-refractivity contribution in [3.63, 3.8) is 0 Å². The fourth-order valence-electron chi connectivity index (χ4n) is 1.51. The molecule has 1 aromatic rings. The van der Waals surface area contributed by atoms with E-state index in [1.54, 1.807) is 0 Å². The van der Waals surface area contributed by atoms with E-state index in [-0.39, 0.29) is 12.3 Å². The maximum atomic E-state index is 11.9. The van der Waals surface area contributed by atoms with Crippen LogP contribution in [0, 0.1) is 11.3 Å². The molecule has 1 aromatic carbocycles. The summed E-state index contributed by atoms with van der Waals surface area (Å²) in [4.78, 5) is 10.3. The van der Waals surface area contributed by atoms with Gasteiger partial charge in [0.15, 0.2) is 0 Å². The van der Waals surface area contributed by atoms with E-state index in [1.165, 1.54) is 24.3 Å². The number of carboxylic acid groups (broad SMARTS) is 1. The van der Waals surface area contributed by atoms with Crippen LogP contribution in [0.15, 0.2) is 24.3 Å². The fraction of sp³-hybridized carbons (Fsp3) is 0.333. The zero-order valence-corrected chi connectivity index (χ0v) is 9.85. The molecular formula is C12H12F2N2O3. The second-order valence-electron chi connectivity index (χ2n) is 3.65. The smallest absolute Gasteiger partial charge is 0.404 e. The van der Waals surface area contributed by atoms with E-state index in [0.717, 1.165) is 0 Å². The van der Waals surface area contributed by atoms with E-state index in [4.69, 9.17) is 10.4 Å². The lowest BCUT2D eigenvalue weighted by Crippen LogP contribution is -2.23. The highest BCUT2D eigenvalue weighted by Gasteiger charge is 2.12. The number of carbonyl (C=O) groups is 1. The summed E-state index contributed by atoms with van der Waals surface area (Å²) in [6.07, 6.45) is -0.852. The lowest BCUT2D eigenvalue weighted by atomic mass is 9.97. The molecule has 0 saturated heterocycles. The molecule has 0 aromatic heterocycles. The summed E-state index contributed by atoms with van der Waals surface area (Å²) in [5.74, 6) is -0.494. The van der Waals surface area contributed by atoms with Gasteiger partial charge in [-0.05, 0) is 24.1 Å². The van der Waals surface area contributed by atoms with Gasteiger partial charge in [-0.3, -0.25) is 0 Å². The largest absolute Gasteiger partial charge is 0.465 e. The van der Waals surface area contributed by atoms with Gasteiger partial charge in [-0.1, -0.05) is 12.1 Å². The van der Waals surface area contributed by atoms with Crippen molar-refractivity contribution < 1.29 is 23.4 Å². The number of ether oxygens (including phenoxy) is 1. The van der Waals surface area contributed by atoms with Crippen molar-refractivity contribution in [1.82, 2.24) is 5.32 Å². The Morgan fingerprint density at radius 1 is 1.42 bits per heavy atom. The second kappa shape index (κ2) is 7.16. The van der Waals surface area contributed by atoms with Gasteiger partial charge in [0.05, 0.1) is 12.0 Å². The Hall–Kier alpha value is -2.36. The minimum atomic E-state index is -2.89. The van der Waals surface area contributed by atoms with Gasteiger partial charge < -0.3 is 15.2 Å². The number of halogens is 2. The van der Waals surface area contributed by atoms with Crippen LogP contribution in [-0.2, 0) is 0 Å². The topological polar surface area (TPSA) is 82.4 Å². The van der Waals surface area contributed by atoms with E-state index in [1.807, 2.05) is 6.07 Å². The van der Waals surface area contributed by atoms with Crippen molar-refractivity contribution in [2.75, 3.05) is 6.54 Å². The summed E-state index contributed by atoms with van der Waals surface area (Å²) in [7, 11) is 0. The monoisotopic (exact) mass is 270 g/mol. The zero-order chi connectivity index (χ0) is 14.3. The molecule has 102 valence electrons. The number of hydrogen-bond acceptors (Lipinski definition) is 3. The number of amides is 1. The molecule has 0 saturated carbocycles. The Bertz CT molecular complexity index is 457. The minimum Gasteiger partial charge on any atom is -0.465 e. The number of hydrogen-bond donors (Lipinski definition) is 2. The Labute approximate surface area is 108 Å². The first-order valence-electron chi connectivity index (χ1n) is 5.44. The van der Waals surface area contributed by atoms with Crippen molar-refractivity contribution in [2.45, 2.75) is 19.0 Å². The molecule has 0 heterocycles. The summed E-state index contributed by atoms with van der Waals surface area (Å²) >= 11 is 0. The molecule has 1 amide bonds. The maximum absolute atomic E-state index is 11.9. The van der Waals surface area contributed by atoms with Crippen LogP contribution in [0.3, 0.4) is 0 Å². The van der Waals surface area contributed by atoms with Gasteiger partial charge in [-0.25, -0.2) is 4.79 Å². The molecule has 5 nitrogen and oxygen atoms in total. The maximum Gasteiger partial charge on any atom is 0.404 e. The first kappa shape index (κ1) is 14.7. The van der Waals surface area contributed by atoms with Crippen LogP contribution in [0.25, 0.3) is 0 Å². The lowest BCUT2D eigenvalue weighted by Gasteiger charge is -2.10. The molecule has 0 fully saturated rings. The first-order chi connectivity index (χ1) is 9.02. The van der Waals surface area contributed by atoms with E-state index < -0.39 is 18.6 Å². The highest BCUT2D eigenvalue weighted by atomic mass is 19.3. The van der Waals surface area contributed by atoms with Crippen LogP contribution in [0.5, 0.6) is 5.75 Å². The molecule has 7 heteroatoms. The molecule has 0 aliphatic rings. The van der Waals surface area contributed by atoms with Crippen LogP contribution < -0.4 is 10.1 Å². The molecule has 0 aliphatic carbocycles. The van der Waals surface area contributed by atoms with Crippen molar-refractivity contribution in [3.8, 4) is 11.8 Å². The number of rotatable bonds is 6. The first-order valence-corrected chi connectivity index (χ1v) is 5.44. The molecule has 1 atom stereocenters. The summed E-state index contributed by atoms with van der Waals surface area (Å²) < 4.78 is 28.1. The van der Waals surface area contributed by atoms with E-state index in [9.17, 15) is 13.6 Å². The summed E-state index contributed by atoms with van der Waals surface area (Å²) in [6, 6.07) is 7.73. The van der Waals surface area contributed by atoms with Crippen molar-refractivity contribution in [1.29, 1.82) is 5.26 Å². The van der Waals surface area contributed by atoms with Crippen molar-refractivity contribution in [2.24, 2.45) is 0 Å². The van der Waals surface area contributed by atoms with Gasteiger partial charge in [0.2, 0.25) is 0 Å². The fourth-order valence-corrected chi connectivity index (χ4v) is 1.51. The normalized spacial score (nSPS) is 11.7. The second-order valence-corrected chi connectivity index (χ2v) is 3.65. The lowest BCUT2D eigenvalue weighted by molar-refractivity contribution is -0.0498. The third kappa shape index (κ3) is 5.21. The number of nitriles is 1. The average Bonchev–Trinajstić information content (AvgIpc) is 2.35. The third-order valence-corrected chi connectivity index (χ3v) is 2.37. The van der Waals surface area contributed by atoms with Gasteiger partial charge in [0.1, 0.15) is 5.75 Å². The van der Waals surface area contributed by atoms with Crippen molar-refractivity contribution in [3.05, 3.63) is 29.8 Å². The van der Waals surface area contributed by atoms with Gasteiger partial charge >= 0.3 is 12.7 Å². The quantitative estimate of drug-likeness (QED) is 0.832. The van der Waals surface area contributed by atoms with Gasteiger partial charge in [0.25, 0.3) is 0 Å². The molecule has 1 rings (SSSR count). The van der Waals surface area contributed by atoms with Crippen LogP contribution in [-0.4, -0.2) is 24.4 Å². The predicted molar refractivity (Wildman–Crippen MR) is 62.1 cm³/mol. The van der Waals surface area contributed by atoms with Crippen LogP contribution in [0.4, 0.5) is 13.6 Å². The Morgan fingerprint density at radius 3 is 2.53 bits per heavy atom. The molecule has 0 spiro atoms. The highest BCUT2D eigenvalue weighted by Crippen LogP contribution is 2.22. The molecular weight excluding hydrogens is 258 g/mol. The molecule has 0 bridgehead atoms. The predicted octanol–water partition coefficient (Wildman–Crippen LogP) is 2.55. The number of nitrogens with zero attached hydrogens (tertiary/aromatic N) is 1. The third-order valence-electron chi connectivity index (χ3n) is 2.37. The number of nitrogens with one attached hydrogen (secondary N) is 1. The Morgan fingerprint density at radius 2 is 2.05 bits per heavy atom. The molecule has 2 N–H and O–H groups in total. The number of benzene rings is 1. The van der Waals surface area contributed by atoms with Crippen LogP contribution in [0.1, 0.15) is 17.9 Å².